The lowest BCUT2D eigenvalue weighted by Gasteiger charge is -2.45. The van der Waals surface area contributed by atoms with Gasteiger partial charge in [-0.2, -0.15) is 0 Å². The summed E-state index contributed by atoms with van der Waals surface area (Å²) in [6.45, 7) is -1.08. The molecule has 19 heteroatoms. The van der Waals surface area contributed by atoms with Crippen molar-refractivity contribution in [3.8, 4) is 0 Å². The van der Waals surface area contributed by atoms with E-state index in [9.17, 15) is 45.4 Å². The van der Waals surface area contributed by atoms with Crippen LogP contribution in [-0.4, -0.2) is 186 Å². The third-order valence-electron chi connectivity index (χ3n) is 5.82. The summed E-state index contributed by atoms with van der Waals surface area (Å²) < 4.78 is 30.1. The molecule has 228 valence electrons. The largest absolute Gasteiger partial charge is 0.469 e. The molecule has 12 N–H and O–H groups in total. The minimum Gasteiger partial charge on any atom is -0.394 e. The van der Waals surface area contributed by atoms with E-state index in [0.717, 1.165) is 0 Å². The molecular weight excluding hydrogens is 545 g/mol. The van der Waals surface area contributed by atoms with Crippen LogP contribution in [0.2, 0.25) is 0 Å². The van der Waals surface area contributed by atoms with Gasteiger partial charge in [-0.3, -0.25) is 4.52 Å². The van der Waals surface area contributed by atoms with Crippen molar-refractivity contribution in [3.63, 3.8) is 0 Å². The molecule has 0 aliphatic carbocycles. The number of quaternary nitrogens is 1. The van der Waals surface area contributed by atoms with Crippen molar-refractivity contribution in [3.05, 3.63) is 0 Å². The summed E-state index contributed by atoms with van der Waals surface area (Å²) in [5.74, 6) is 0. The van der Waals surface area contributed by atoms with E-state index in [1.807, 2.05) is 0 Å². The van der Waals surface area contributed by atoms with E-state index in [2.05, 4.69) is 4.52 Å². The Morgan fingerprint density at radius 3 is 1.92 bits per heavy atom. The van der Waals surface area contributed by atoms with E-state index in [0.29, 0.717) is 11.0 Å². The maximum atomic E-state index is 10.3. The van der Waals surface area contributed by atoms with Gasteiger partial charge in [-0.25, -0.2) is 4.57 Å². The maximum absolute atomic E-state index is 10.3. The van der Waals surface area contributed by atoms with Crippen molar-refractivity contribution in [2.75, 3.05) is 53.6 Å². The first-order chi connectivity index (χ1) is 17.5. The van der Waals surface area contributed by atoms with Gasteiger partial charge in [-0.05, 0) is 0 Å². The van der Waals surface area contributed by atoms with Gasteiger partial charge in [0, 0.05) is 0 Å². The highest BCUT2D eigenvalue weighted by Gasteiger charge is 2.50. The van der Waals surface area contributed by atoms with E-state index in [4.69, 9.17) is 34.2 Å². The van der Waals surface area contributed by atoms with E-state index < -0.39 is 95.2 Å². The Kier molecular flexibility index (Phi) is 14.5. The second-order valence-corrected chi connectivity index (χ2v) is 10.8. The Labute approximate surface area is 218 Å². The number of nitrogens with zero attached hydrogens (tertiary/aromatic N) is 1. The van der Waals surface area contributed by atoms with Gasteiger partial charge < -0.3 is 79.5 Å². The molecule has 2 aliphatic rings. The topological polar surface area (TPSA) is 297 Å². The predicted molar refractivity (Wildman–Crippen MR) is 122 cm³/mol. The molecule has 2 saturated heterocycles. The molecule has 11 atom stereocenters. The molecular formula is C19H41NO17P+. The average Bonchev–Trinajstić information content (AvgIpc) is 2.82. The van der Waals surface area contributed by atoms with Crippen molar-refractivity contribution < 1.29 is 88.6 Å². The average molecular weight is 587 g/mol. The van der Waals surface area contributed by atoms with Crippen LogP contribution in [0.25, 0.3) is 0 Å². The van der Waals surface area contributed by atoms with Crippen molar-refractivity contribution in [2.45, 2.75) is 67.5 Å². The molecule has 2 fully saturated rings. The number of rotatable bonds is 11. The van der Waals surface area contributed by atoms with Crippen LogP contribution in [0.1, 0.15) is 0 Å². The lowest BCUT2D eigenvalue weighted by molar-refractivity contribution is -0.893. The third-order valence-corrected chi connectivity index (χ3v) is 6.31. The van der Waals surface area contributed by atoms with Gasteiger partial charge in [-0.1, -0.05) is 0 Å². The van der Waals surface area contributed by atoms with Crippen molar-refractivity contribution in [1.82, 2.24) is 0 Å². The van der Waals surface area contributed by atoms with Crippen LogP contribution < -0.4 is 0 Å². The third kappa shape index (κ3) is 10.8. The van der Waals surface area contributed by atoms with Gasteiger partial charge >= 0.3 is 7.82 Å². The van der Waals surface area contributed by atoms with Gasteiger partial charge in [0.15, 0.2) is 12.6 Å². The highest BCUT2D eigenvalue weighted by atomic mass is 31.2. The summed E-state index contributed by atoms with van der Waals surface area (Å²) in [5.41, 5.74) is 0. The number of likely N-dealkylation sites (N-methyl/N-ethyl adjacent to an activating group) is 1. The van der Waals surface area contributed by atoms with Gasteiger partial charge in [0.2, 0.25) is 0 Å². The number of phosphoric acid groups is 1. The summed E-state index contributed by atoms with van der Waals surface area (Å²) in [5, 5.41) is 94.6. The zero-order chi connectivity index (χ0) is 29.4. The van der Waals surface area contributed by atoms with Crippen LogP contribution in [0, 0.1) is 0 Å². The zero-order valence-corrected chi connectivity index (χ0v) is 21.8. The van der Waals surface area contributed by atoms with Gasteiger partial charge in [0.05, 0.1) is 40.5 Å². The van der Waals surface area contributed by atoms with Gasteiger partial charge in [0.25, 0.3) is 0 Å². The van der Waals surface area contributed by atoms with Crippen molar-refractivity contribution in [1.29, 1.82) is 0 Å². The Balaban J connectivity index is 0.000000420. The Morgan fingerprint density at radius 1 is 0.842 bits per heavy atom. The number of aliphatic hydroxyl groups excluding tert-OH is 10. The zero-order valence-electron chi connectivity index (χ0n) is 20.9. The molecule has 38 heavy (non-hydrogen) atoms. The summed E-state index contributed by atoms with van der Waals surface area (Å²) in [6.07, 6.45) is -16.5. The standard InChI is InChI=1S/C12H22O11.C7H18NO6P/c13-1-3-5(15)6(16)9(19)12(22-3)23-10-4(2-14)21-11(20)8(18)7(10)17;1-8(2,3-4-9)5-7(10)6-14-15(11,12)13/h3-20H,1-2H2;7,9-10H,3-6H2,1-2H3,(H-,11,12,13)/p+1/t3-,4-,5-,6+,7-,8-,9-,10-,11-,12-;/m1./s1. The fraction of sp³-hybridized carbons (Fsp3) is 1.00. The molecule has 0 saturated carbocycles. The van der Waals surface area contributed by atoms with Crippen molar-refractivity contribution >= 4 is 7.82 Å². The molecule has 0 radical (unpaired) electrons. The number of phosphoric ester groups is 1. The Bertz CT molecular complexity index is 723. The molecule has 0 aromatic rings. The van der Waals surface area contributed by atoms with Crippen LogP contribution >= 0.6 is 7.82 Å². The SMILES string of the molecule is C[N+](C)(CCO)CC(O)COP(=O)(O)O.OC[C@H]1O[C@H](O[C@H]2[C@H](O)[C@@H](O)[C@H](O)O[C@@H]2CO)[C@H](O)[C@@H](O)[C@@H]1O. The van der Waals surface area contributed by atoms with Crippen LogP contribution in [0.4, 0.5) is 0 Å². The van der Waals surface area contributed by atoms with E-state index >= 15 is 0 Å². The first-order valence-electron chi connectivity index (χ1n) is 11.6. The second-order valence-electron chi connectivity index (χ2n) is 9.53. The highest BCUT2D eigenvalue weighted by Crippen LogP contribution is 2.35. The molecule has 18 nitrogen and oxygen atoms in total. The summed E-state index contributed by atoms with van der Waals surface area (Å²) in [7, 11) is -0.940. The highest BCUT2D eigenvalue weighted by molar-refractivity contribution is 7.46. The minimum absolute atomic E-state index is 0.0148. The molecule has 0 aromatic heterocycles. The summed E-state index contributed by atoms with van der Waals surface area (Å²) in [4.78, 5) is 16.8. The first kappa shape index (κ1) is 35.6. The number of aliphatic hydroxyl groups is 10. The summed E-state index contributed by atoms with van der Waals surface area (Å²) >= 11 is 0. The van der Waals surface area contributed by atoms with Crippen LogP contribution in [-0.2, 0) is 23.3 Å². The number of ether oxygens (including phenoxy) is 3. The quantitative estimate of drug-likeness (QED) is 0.0790. The molecule has 0 bridgehead atoms. The minimum atomic E-state index is -4.52. The number of hydrogen-bond acceptors (Lipinski definition) is 15. The van der Waals surface area contributed by atoms with Crippen LogP contribution in [0.5, 0.6) is 0 Å². The molecule has 0 spiro atoms. The smallest absolute Gasteiger partial charge is 0.394 e. The van der Waals surface area contributed by atoms with Crippen molar-refractivity contribution in [2.24, 2.45) is 0 Å². The molecule has 0 aromatic carbocycles. The Morgan fingerprint density at radius 2 is 1.42 bits per heavy atom. The van der Waals surface area contributed by atoms with Gasteiger partial charge in [-0.15, -0.1) is 0 Å². The number of hydrogen-bond donors (Lipinski definition) is 12. The maximum Gasteiger partial charge on any atom is 0.469 e. The molecule has 0 amide bonds. The lowest BCUT2D eigenvalue weighted by Crippen LogP contribution is -2.64. The fourth-order valence-electron chi connectivity index (χ4n) is 3.74. The van der Waals surface area contributed by atoms with Crippen LogP contribution in [0.15, 0.2) is 0 Å². The second kappa shape index (κ2) is 15.5. The Hall–Kier alpha value is -0.450. The molecule has 2 aliphatic heterocycles. The first-order valence-corrected chi connectivity index (χ1v) is 13.1. The van der Waals surface area contributed by atoms with E-state index in [-0.39, 0.29) is 13.2 Å². The molecule has 2 rings (SSSR count). The van der Waals surface area contributed by atoms with Gasteiger partial charge in [0.1, 0.15) is 68.0 Å². The lowest BCUT2D eigenvalue weighted by atomic mass is 9.97. The van der Waals surface area contributed by atoms with E-state index in [1.165, 1.54) is 0 Å². The van der Waals surface area contributed by atoms with E-state index in [1.54, 1.807) is 14.1 Å². The normalized spacial score (nSPS) is 37.3. The monoisotopic (exact) mass is 586 g/mol. The predicted octanol–water partition coefficient (Wildman–Crippen LogP) is -6.87. The van der Waals surface area contributed by atoms with Crippen LogP contribution in [0.3, 0.4) is 0 Å². The molecule has 1 unspecified atom stereocenters. The summed E-state index contributed by atoms with van der Waals surface area (Å²) in [6, 6.07) is 0. The molecule has 2 heterocycles. The fourth-order valence-corrected chi connectivity index (χ4v) is 4.10.